The molecule has 0 radical (unpaired) electrons. The van der Waals surface area contributed by atoms with Gasteiger partial charge in [0.15, 0.2) is 0 Å². The number of aliphatic carboxylic acids is 1. The van der Waals surface area contributed by atoms with E-state index in [1.54, 1.807) is 0 Å². The lowest BCUT2D eigenvalue weighted by atomic mass is 9.93. The van der Waals surface area contributed by atoms with E-state index in [-0.39, 0.29) is 12.3 Å². The van der Waals surface area contributed by atoms with Crippen molar-refractivity contribution in [1.82, 2.24) is 4.90 Å². The third-order valence-electron chi connectivity index (χ3n) is 2.31. The van der Waals surface area contributed by atoms with E-state index in [1.165, 1.54) is 0 Å². The first-order valence-electron chi connectivity index (χ1n) is 4.21. The van der Waals surface area contributed by atoms with Gasteiger partial charge in [-0.05, 0) is 6.54 Å². The molecule has 0 saturated carbocycles. The van der Waals surface area contributed by atoms with E-state index in [2.05, 4.69) is 4.90 Å². The Hall–Kier alpha value is -0.640. The lowest BCUT2D eigenvalue weighted by molar-refractivity contribution is -0.139. The van der Waals surface area contributed by atoms with Gasteiger partial charge in [-0.3, -0.25) is 4.79 Å². The predicted molar refractivity (Wildman–Crippen MR) is 42.8 cm³/mol. The van der Waals surface area contributed by atoms with Gasteiger partial charge in [0.25, 0.3) is 0 Å². The second kappa shape index (κ2) is 3.85. The SMILES string of the molecule is CCN1CC(C(F)CC(=O)O)C1. The third-order valence-corrected chi connectivity index (χ3v) is 2.31. The van der Waals surface area contributed by atoms with E-state index in [0.29, 0.717) is 13.1 Å². The summed E-state index contributed by atoms with van der Waals surface area (Å²) in [5.74, 6) is -1.10. The molecule has 1 rings (SSSR count). The molecular weight excluding hydrogens is 161 g/mol. The number of hydrogen-bond donors (Lipinski definition) is 1. The summed E-state index contributed by atoms with van der Waals surface area (Å²) in [4.78, 5) is 12.2. The van der Waals surface area contributed by atoms with E-state index in [4.69, 9.17) is 5.11 Å². The second-order valence-electron chi connectivity index (χ2n) is 3.23. The average Bonchev–Trinajstić information content (AvgIpc) is 1.82. The van der Waals surface area contributed by atoms with Crippen LogP contribution in [0.4, 0.5) is 4.39 Å². The third kappa shape index (κ3) is 2.17. The Balaban J connectivity index is 2.19. The van der Waals surface area contributed by atoms with Gasteiger partial charge in [-0.15, -0.1) is 0 Å². The smallest absolute Gasteiger partial charge is 0.306 e. The van der Waals surface area contributed by atoms with Crippen LogP contribution < -0.4 is 0 Å². The number of hydrogen-bond acceptors (Lipinski definition) is 2. The fourth-order valence-electron chi connectivity index (χ4n) is 1.43. The first kappa shape index (κ1) is 9.45. The Kier molecular flexibility index (Phi) is 3.03. The maximum absolute atomic E-state index is 13.0. The molecule has 12 heavy (non-hydrogen) atoms. The molecule has 0 amide bonds. The second-order valence-corrected chi connectivity index (χ2v) is 3.23. The molecule has 0 aromatic rings. The molecule has 0 spiro atoms. The molecule has 4 heteroatoms. The molecule has 70 valence electrons. The van der Waals surface area contributed by atoms with Crippen molar-refractivity contribution in [3.8, 4) is 0 Å². The fourth-order valence-corrected chi connectivity index (χ4v) is 1.43. The molecule has 1 heterocycles. The Morgan fingerprint density at radius 2 is 2.33 bits per heavy atom. The highest BCUT2D eigenvalue weighted by atomic mass is 19.1. The van der Waals surface area contributed by atoms with Gasteiger partial charge >= 0.3 is 5.97 Å². The minimum absolute atomic E-state index is 0.0546. The Morgan fingerprint density at radius 1 is 1.75 bits per heavy atom. The van der Waals surface area contributed by atoms with Crippen molar-refractivity contribution in [2.45, 2.75) is 19.5 Å². The molecule has 1 saturated heterocycles. The lowest BCUT2D eigenvalue weighted by Gasteiger charge is -2.39. The van der Waals surface area contributed by atoms with Gasteiger partial charge in [0, 0.05) is 19.0 Å². The number of likely N-dealkylation sites (tertiary alicyclic amines) is 1. The average molecular weight is 175 g/mol. The van der Waals surface area contributed by atoms with Crippen molar-refractivity contribution < 1.29 is 14.3 Å². The van der Waals surface area contributed by atoms with Crippen LogP contribution in [0.5, 0.6) is 0 Å². The minimum atomic E-state index is -1.16. The molecule has 1 aliphatic rings. The fraction of sp³-hybridized carbons (Fsp3) is 0.875. The molecule has 3 nitrogen and oxygen atoms in total. The molecule has 1 N–H and O–H groups in total. The number of alkyl halides is 1. The van der Waals surface area contributed by atoms with Crippen LogP contribution in [0.2, 0.25) is 0 Å². The van der Waals surface area contributed by atoms with E-state index < -0.39 is 12.1 Å². The molecular formula is C8H14FNO2. The minimum Gasteiger partial charge on any atom is -0.481 e. The quantitative estimate of drug-likeness (QED) is 0.685. The summed E-state index contributed by atoms with van der Waals surface area (Å²) in [6, 6.07) is 0. The highest BCUT2D eigenvalue weighted by Crippen LogP contribution is 2.22. The van der Waals surface area contributed by atoms with E-state index >= 15 is 0 Å². The van der Waals surface area contributed by atoms with Crippen LogP contribution in [0.3, 0.4) is 0 Å². The molecule has 0 bridgehead atoms. The van der Waals surface area contributed by atoms with Gasteiger partial charge < -0.3 is 10.0 Å². The normalized spacial score (nSPS) is 21.8. The molecule has 1 unspecified atom stereocenters. The van der Waals surface area contributed by atoms with Gasteiger partial charge in [0.1, 0.15) is 6.17 Å². The van der Waals surface area contributed by atoms with Crippen LogP contribution in [-0.4, -0.2) is 41.8 Å². The highest BCUT2D eigenvalue weighted by Gasteiger charge is 2.33. The number of carboxylic acid groups (broad SMARTS) is 1. The van der Waals surface area contributed by atoms with Gasteiger partial charge in [0.2, 0.25) is 0 Å². The largest absolute Gasteiger partial charge is 0.481 e. The first-order chi connectivity index (χ1) is 5.63. The zero-order chi connectivity index (χ0) is 9.14. The summed E-state index contributed by atoms with van der Waals surface area (Å²) in [6.45, 7) is 4.37. The number of halogens is 1. The van der Waals surface area contributed by atoms with Crippen molar-refractivity contribution in [1.29, 1.82) is 0 Å². The van der Waals surface area contributed by atoms with Crippen molar-refractivity contribution in [2.24, 2.45) is 5.92 Å². The lowest BCUT2D eigenvalue weighted by Crippen LogP contribution is -2.50. The van der Waals surface area contributed by atoms with Gasteiger partial charge in [-0.2, -0.15) is 0 Å². The van der Waals surface area contributed by atoms with Gasteiger partial charge in [-0.25, -0.2) is 4.39 Å². The first-order valence-corrected chi connectivity index (χ1v) is 4.21. The number of carboxylic acids is 1. The topological polar surface area (TPSA) is 40.5 Å². The molecule has 0 aromatic carbocycles. The number of rotatable bonds is 4. The van der Waals surface area contributed by atoms with Crippen LogP contribution in [0.25, 0.3) is 0 Å². The Bertz CT molecular complexity index is 168. The van der Waals surface area contributed by atoms with E-state index in [0.717, 1.165) is 6.54 Å². The summed E-state index contributed by atoms with van der Waals surface area (Å²) in [6.07, 6.45) is -1.51. The monoisotopic (exact) mass is 175 g/mol. The zero-order valence-corrected chi connectivity index (χ0v) is 7.16. The molecule has 1 atom stereocenters. The van der Waals surface area contributed by atoms with Gasteiger partial charge in [0.05, 0.1) is 6.42 Å². The molecule has 0 aliphatic carbocycles. The van der Waals surface area contributed by atoms with Crippen molar-refractivity contribution in [2.75, 3.05) is 19.6 Å². The van der Waals surface area contributed by atoms with Crippen LogP contribution in [0, 0.1) is 5.92 Å². The Labute approximate surface area is 71.2 Å². The van der Waals surface area contributed by atoms with Crippen molar-refractivity contribution in [3.05, 3.63) is 0 Å². The summed E-state index contributed by atoms with van der Waals surface area (Å²) in [5.41, 5.74) is 0. The molecule has 0 aromatic heterocycles. The molecule has 1 aliphatic heterocycles. The van der Waals surface area contributed by atoms with Crippen molar-refractivity contribution >= 4 is 5.97 Å². The maximum Gasteiger partial charge on any atom is 0.306 e. The van der Waals surface area contributed by atoms with Gasteiger partial charge in [-0.1, -0.05) is 6.92 Å². The predicted octanol–water partition coefficient (Wildman–Crippen LogP) is 0.751. The van der Waals surface area contributed by atoms with Crippen molar-refractivity contribution in [3.63, 3.8) is 0 Å². The molecule has 1 fully saturated rings. The zero-order valence-electron chi connectivity index (χ0n) is 7.16. The standard InChI is InChI=1S/C8H14FNO2/c1-2-10-4-6(5-10)7(9)3-8(11)12/h6-7H,2-5H2,1H3,(H,11,12). The van der Waals surface area contributed by atoms with E-state index in [9.17, 15) is 9.18 Å². The highest BCUT2D eigenvalue weighted by molar-refractivity contribution is 5.67. The van der Waals surface area contributed by atoms with Crippen LogP contribution >= 0.6 is 0 Å². The Morgan fingerprint density at radius 3 is 2.75 bits per heavy atom. The van der Waals surface area contributed by atoms with Crippen LogP contribution in [0.1, 0.15) is 13.3 Å². The number of nitrogens with zero attached hydrogens (tertiary/aromatic N) is 1. The number of carbonyl (C=O) groups is 1. The van der Waals surface area contributed by atoms with E-state index in [1.807, 2.05) is 6.92 Å². The summed E-state index contributed by atoms with van der Waals surface area (Å²) >= 11 is 0. The maximum atomic E-state index is 13.0. The summed E-state index contributed by atoms with van der Waals surface area (Å²) in [7, 11) is 0. The van der Waals surface area contributed by atoms with Crippen LogP contribution in [0.15, 0.2) is 0 Å². The summed E-state index contributed by atoms with van der Waals surface area (Å²) < 4.78 is 13.0. The van der Waals surface area contributed by atoms with Crippen LogP contribution in [-0.2, 0) is 4.79 Å². The summed E-state index contributed by atoms with van der Waals surface area (Å²) in [5, 5.41) is 8.32.